The molecule has 13 heavy (non-hydrogen) atoms. The van der Waals surface area contributed by atoms with Crippen molar-refractivity contribution in [3.8, 4) is 0 Å². The maximum Gasteiger partial charge on any atom is 0.136 e. The molecule has 0 aromatic carbocycles. The van der Waals surface area contributed by atoms with Crippen LogP contribution in [0, 0.1) is 17.3 Å². The zero-order valence-corrected chi connectivity index (χ0v) is 8.81. The predicted molar refractivity (Wildman–Crippen MR) is 53.5 cm³/mol. The molecule has 2 rings (SSSR count). The fourth-order valence-corrected chi connectivity index (χ4v) is 3.45. The van der Waals surface area contributed by atoms with E-state index in [-0.39, 0.29) is 0 Å². The van der Waals surface area contributed by atoms with Crippen molar-refractivity contribution in [1.82, 2.24) is 0 Å². The largest absolute Gasteiger partial charge is 0.299 e. The van der Waals surface area contributed by atoms with Gasteiger partial charge in [0.1, 0.15) is 5.78 Å². The molecule has 0 saturated heterocycles. The molecule has 0 amide bonds. The lowest BCUT2D eigenvalue weighted by Gasteiger charge is -2.47. The van der Waals surface area contributed by atoms with Crippen molar-refractivity contribution in [1.29, 1.82) is 0 Å². The maximum atomic E-state index is 11.6. The zero-order chi connectivity index (χ0) is 9.47. The third kappa shape index (κ3) is 1.43. The van der Waals surface area contributed by atoms with Crippen LogP contribution in [-0.2, 0) is 4.79 Å². The molecule has 0 bridgehead atoms. The van der Waals surface area contributed by atoms with Gasteiger partial charge in [-0.3, -0.25) is 4.79 Å². The molecule has 0 aromatic rings. The Balaban J connectivity index is 2.19. The Morgan fingerprint density at radius 2 is 2.08 bits per heavy atom. The number of carbonyl (C=O) groups excluding carboxylic acids is 1. The van der Waals surface area contributed by atoms with Crippen LogP contribution >= 0.6 is 0 Å². The van der Waals surface area contributed by atoms with E-state index in [9.17, 15) is 4.79 Å². The van der Waals surface area contributed by atoms with Gasteiger partial charge in [0.2, 0.25) is 0 Å². The van der Waals surface area contributed by atoms with Gasteiger partial charge in [0.15, 0.2) is 0 Å². The maximum absolute atomic E-state index is 11.6. The molecule has 2 fully saturated rings. The second-order valence-electron chi connectivity index (χ2n) is 5.26. The molecular weight excluding hydrogens is 160 g/mol. The van der Waals surface area contributed by atoms with Gasteiger partial charge in [-0.15, -0.1) is 0 Å². The number of carbonyl (C=O) groups is 1. The number of ketones is 1. The van der Waals surface area contributed by atoms with E-state index in [0.717, 1.165) is 12.8 Å². The van der Waals surface area contributed by atoms with Gasteiger partial charge in [0, 0.05) is 12.3 Å². The van der Waals surface area contributed by atoms with Gasteiger partial charge in [0.25, 0.3) is 0 Å². The van der Waals surface area contributed by atoms with Crippen LogP contribution in [0.25, 0.3) is 0 Å². The van der Waals surface area contributed by atoms with Crippen molar-refractivity contribution < 1.29 is 4.79 Å². The monoisotopic (exact) mass is 180 g/mol. The van der Waals surface area contributed by atoms with Crippen LogP contribution < -0.4 is 0 Å². The van der Waals surface area contributed by atoms with Crippen molar-refractivity contribution >= 4 is 5.78 Å². The Hall–Kier alpha value is -0.330. The molecule has 2 aliphatic rings. The number of fused-ring (bicyclic) bond motifs is 1. The van der Waals surface area contributed by atoms with Crippen molar-refractivity contribution in [2.45, 2.75) is 52.4 Å². The molecule has 1 heteroatoms. The molecule has 0 radical (unpaired) electrons. The molecule has 74 valence electrons. The van der Waals surface area contributed by atoms with Crippen LogP contribution in [0.15, 0.2) is 0 Å². The Morgan fingerprint density at radius 3 is 2.85 bits per heavy atom. The standard InChI is InChI=1S/C12H20O/c1-9-10-5-3-4-7-12(10,2)8-6-11(9)13/h9-10H,3-8H2,1-2H3/t9-,10-,12+/m0/s1. The normalized spacial score (nSPS) is 45.8. The molecule has 0 N–H and O–H groups in total. The minimum Gasteiger partial charge on any atom is -0.299 e. The van der Waals surface area contributed by atoms with E-state index in [0.29, 0.717) is 23.0 Å². The number of rotatable bonds is 0. The van der Waals surface area contributed by atoms with Crippen LogP contribution in [0.4, 0.5) is 0 Å². The summed E-state index contributed by atoms with van der Waals surface area (Å²) < 4.78 is 0. The summed E-state index contributed by atoms with van der Waals surface area (Å²) in [4.78, 5) is 11.6. The van der Waals surface area contributed by atoms with E-state index < -0.39 is 0 Å². The second-order valence-corrected chi connectivity index (χ2v) is 5.26. The van der Waals surface area contributed by atoms with Gasteiger partial charge in [-0.1, -0.05) is 26.7 Å². The first-order valence-electron chi connectivity index (χ1n) is 5.66. The average molecular weight is 180 g/mol. The Labute approximate surface area is 80.9 Å². The lowest BCUT2D eigenvalue weighted by molar-refractivity contribution is -0.132. The lowest BCUT2D eigenvalue weighted by Crippen LogP contribution is -2.42. The molecule has 0 spiro atoms. The first-order chi connectivity index (χ1) is 6.13. The van der Waals surface area contributed by atoms with Crippen molar-refractivity contribution in [3.05, 3.63) is 0 Å². The van der Waals surface area contributed by atoms with Crippen LogP contribution in [0.3, 0.4) is 0 Å². The predicted octanol–water partition coefficient (Wildman–Crippen LogP) is 3.18. The molecule has 1 nitrogen and oxygen atoms in total. The molecule has 0 aromatic heterocycles. The number of hydrogen-bond acceptors (Lipinski definition) is 1. The molecule has 0 aliphatic heterocycles. The highest BCUT2D eigenvalue weighted by atomic mass is 16.1. The van der Waals surface area contributed by atoms with Gasteiger partial charge >= 0.3 is 0 Å². The summed E-state index contributed by atoms with van der Waals surface area (Å²) in [5.74, 6) is 1.56. The second kappa shape index (κ2) is 3.11. The van der Waals surface area contributed by atoms with E-state index in [1.165, 1.54) is 25.7 Å². The quantitative estimate of drug-likeness (QED) is 0.559. The van der Waals surface area contributed by atoms with E-state index >= 15 is 0 Å². The van der Waals surface area contributed by atoms with E-state index in [4.69, 9.17) is 0 Å². The fourth-order valence-electron chi connectivity index (χ4n) is 3.45. The van der Waals surface area contributed by atoms with Crippen molar-refractivity contribution in [3.63, 3.8) is 0 Å². The Bertz CT molecular complexity index is 221. The highest BCUT2D eigenvalue weighted by Crippen LogP contribution is 2.51. The van der Waals surface area contributed by atoms with Gasteiger partial charge in [-0.05, 0) is 30.6 Å². The summed E-state index contributed by atoms with van der Waals surface area (Å²) in [5.41, 5.74) is 0.506. The van der Waals surface area contributed by atoms with Crippen LogP contribution in [0.5, 0.6) is 0 Å². The Kier molecular flexibility index (Phi) is 2.21. The topological polar surface area (TPSA) is 17.1 Å². The lowest BCUT2D eigenvalue weighted by atomic mass is 9.57. The Morgan fingerprint density at radius 1 is 1.31 bits per heavy atom. The molecule has 0 heterocycles. The van der Waals surface area contributed by atoms with Crippen molar-refractivity contribution in [2.24, 2.45) is 17.3 Å². The average Bonchev–Trinajstić information content (AvgIpc) is 2.12. The van der Waals surface area contributed by atoms with E-state index in [2.05, 4.69) is 13.8 Å². The summed E-state index contributed by atoms with van der Waals surface area (Å²) >= 11 is 0. The SMILES string of the molecule is C[C@@H]1C(=O)CC[C@@]2(C)CCCC[C@@H]12. The van der Waals surface area contributed by atoms with Crippen LogP contribution in [0.2, 0.25) is 0 Å². The highest BCUT2D eigenvalue weighted by molar-refractivity contribution is 5.82. The summed E-state index contributed by atoms with van der Waals surface area (Å²) in [6.07, 6.45) is 7.37. The summed E-state index contributed by atoms with van der Waals surface area (Å²) in [6, 6.07) is 0. The first-order valence-corrected chi connectivity index (χ1v) is 5.66. The minimum atomic E-state index is 0.346. The fraction of sp³-hybridized carbons (Fsp3) is 0.917. The molecule has 2 aliphatic carbocycles. The van der Waals surface area contributed by atoms with Gasteiger partial charge in [-0.25, -0.2) is 0 Å². The summed E-state index contributed by atoms with van der Waals surface area (Å²) in [5, 5.41) is 0. The molecule has 2 saturated carbocycles. The third-order valence-electron chi connectivity index (χ3n) is 4.46. The number of Topliss-reactive ketones (excluding diaryl/α,β-unsaturated/α-hetero) is 1. The minimum absolute atomic E-state index is 0.346. The van der Waals surface area contributed by atoms with Crippen LogP contribution in [-0.4, -0.2) is 5.78 Å². The van der Waals surface area contributed by atoms with E-state index in [1.54, 1.807) is 0 Å². The zero-order valence-electron chi connectivity index (χ0n) is 8.81. The summed E-state index contributed by atoms with van der Waals surface area (Å²) in [7, 11) is 0. The van der Waals surface area contributed by atoms with Crippen LogP contribution in [0.1, 0.15) is 52.4 Å². The first kappa shape index (κ1) is 9.23. The molecule has 0 unspecified atom stereocenters. The smallest absolute Gasteiger partial charge is 0.136 e. The molecule has 3 atom stereocenters. The van der Waals surface area contributed by atoms with Gasteiger partial charge in [-0.2, -0.15) is 0 Å². The third-order valence-corrected chi connectivity index (χ3v) is 4.46. The summed E-state index contributed by atoms with van der Waals surface area (Å²) in [6.45, 7) is 4.55. The highest BCUT2D eigenvalue weighted by Gasteiger charge is 2.44. The van der Waals surface area contributed by atoms with Gasteiger partial charge < -0.3 is 0 Å². The van der Waals surface area contributed by atoms with E-state index in [1.807, 2.05) is 0 Å². The van der Waals surface area contributed by atoms with Gasteiger partial charge in [0.05, 0.1) is 0 Å². The molecular formula is C12H20O. The van der Waals surface area contributed by atoms with Crippen molar-refractivity contribution in [2.75, 3.05) is 0 Å². The number of hydrogen-bond donors (Lipinski definition) is 0.